The molecule has 0 saturated carbocycles. The number of alkyl halides is 1. The molecule has 1 aromatic carbocycles. The van der Waals surface area contributed by atoms with Gasteiger partial charge in [0.1, 0.15) is 11.2 Å². The van der Waals surface area contributed by atoms with Crippen LogP contribution in [0.15, 0.2) is 27.5 Å². The highest BCUT2D eigenvalue weighted by molar-refractivity contribution is 7.90. The van der Waals surface area contributed by atoms with Gasteiger partial charge in [0.05, 0.1) is 12.4 Å². The fourth-order valence-electron chi connectivity index (χ4n) is 1.58. The highest BCUT2D eigenvalue weighted by Gasteiger charge is 2.25. The topological polar surface area (TPSA) is 49.7 Å². The molecule has 1 heterocycles. The SMILES string of the molecule is O=S1(=O)N=CN(CCCF)c2ccc(Cl)cc21. The fraction of sp³-hybridized carbons (Fsp3) is 0.300. The van der Waals surface area contributed by atoms with Crippen molar-refractivity contribution in [3.8, 4) is 0 Å². The second-order valence-corrected chi connectivity index (χ2v) is 5.58. The molecule has 2 rings (SSSR count). The molecule has 1 aliphatic rings. The number of sulfonamides is 1. The van der Waals surface area contributed by atoms with Crippen molar-refractivity contribution in [1.82, 2.24) is 0 Å². The molecular weight excluding hydrogens is 267 g/mol. The van der Waals surface area contributed by atoms with Crippen LogP contribution >= 0.6 is 11.6 Å². The van der Waals surface area contributed by atoms with Crippen molar-refractivity contribution >= 4 is 33.7 Å². The van der Waals surface area contributed by atoms with Crippen LogP contribution in [0.25, 0.3) is 0 Å². The fourth-order valence-corrected chi connectivity index (χ4v) is 2.89. The van der Waals surface area contributed by atoms with Crippen molar-refractivity contribution in [2.75, 3.05) is 18.1 Å². The van der Waals surface area contributed by atoms with Crippen LogP contribution in [0, 0.1) is 0 Å². The van der Waals surface area contributed by atoms with E-state index in [4.69, 9.17) is 11.6 Å². The van der Waals surface area contributed by atoms with Crippen LogP contribution in [0.1, 0.15) is 6.42 Å². The number of halogens is 2. The van der Waals surface area contributed by atoms with Crippen LogP contribution in [0.5, 0.6) is 0 Å². The number of benzene rings is 1. The quantitative estimate of drug-likeness (QED) is 0.851. The van der Waals surface area contributed by atoms with Gasteiger partial charge in [-0.05, 0) is 24.6 Å². The van der Waals surface area contributed by atoms with Crippen molar-refractivity contribution in [3.63, 3.8) is 0 Å². The number of hydrogen-bond acceptors (Lipinski definition) is 3. The largest absolute Gasteiger partial charge is 0.330 e. The summed E-state index contributed by atoms with van der Waals surface area (Å²) in [7, 11) is -3.67. The van der Waals surface area contributed by atoms with E-state index in [1.165, 1.54) is 12.4 Å². The molecule has 0 aliphatic carbocycles. The summed E-state index contributed by atoms with van der Waals surface area (Å²) in [6.45, 7) is -0.0792. The summed E-state index contributed by atoms with van der Waals surface area (Å²) >= 11 is 5.76. The van der Waals surface area contributed by atoms with Crippen molar-refractivity contribution in [2.24, 2.45) is 4.40 Å². The van der Waals surface area contributed by atoms with E-state index >= 15 is 0 Å². The molecule has 7 heteroatoms. The first-order valence-electron chi connectivity index (χ1n) is 4.97. The average Bonchev–Trinajstić information content (AvgIpc) is 2.29. The van der Waals surface area contributed by atoms with Crippen LogP contribution in [0.3, 0.4) is 0 Å². The maximum Gasteiger partial charge on any atom is 0.285 e. The van der Waals surface area contributed by atoms with Crippen LogP contribution in [0.4, 0.5) is 10.1 Å². The van der Waals surface area contributed by atoms with Gasteiger partial charge in [0.2, 0.25) is 0 Å². The lowest BCUT2D eigenvalue weighted by molar-refractivity contribution is 0.477. The number of rotatable bonds is 3. The van der Waals surface area contributed by atoms with Gasteiger partial charge in [0.25, 0.3) is 10.0 Å². The zero-order valence-electron chi connectivity index (χ0n) is 8.81. The molecule has 1 aromatic rings. The minimum atomic E-state index is -3.67. The van der Waals surface area contributed by atoms with E-state index in [1.807, 2.05) is 0 Å². The van der Waals surface area contributed by atoms with E-state index in [1.54, 1.807) is 17.0 Å². The van der Waals surface area contributed by atoms with Gasteiger partial charge in [-0.25, -0.2) is 0 Å². The number of anilines is 1. The summed E-state index contributed by atoms with van der Waals surface area (Å²) in [6, 6.07) is 4.54. The summed E-state index contributed by atoms with van der Waals surface area (Å²) in [5.41, 5.74) is 0.484. The molecule has 0 bridgehead atoms. The summed E-state index contributed by atoms with van der Waals surface area (Å²) in [5, 5.41) is 0.329. The van der Waals surface area contributed by atoms with Gasteiger partial charge in [-0.2, -0.15) is 8.42 Å². The predicted octanol–water partition coefficient (Wildman–Crippen LogP) is 2.24. The monoisotopic (exact) mass is 276 g/mol. The van der Waals surface area contributed by atoms with Crippen LogP contribution in [0.2, 0.25) is 5.02 Å². The van der Waals surface area contributed by atoms with Crippen molar-refractivity contribution in [1.29, 1.82) is 0 Å². The summed E-state index contributed by atoms with van der Waals surface area (Å²) in [4.78, 5) is 1.66. The third kappa shape index (κ3) is 2.42. The van der Waals surface area contributed by atoms with Crippen molar-refractivity contribution in [2.45, 2.75) is 11.3 Å². The Bertz CT molecular complexity index is 559. The third-order valence-electron chi connectivity index (χ3n) is 2.37. The highest BCUT2D eigenvalue weighted by Crippen LogP contribution is 2.31. The molecule has 17 heavy (non-hydrogen) atoms. The van der Waals surface area contributed by atoms with E-state index in [0.29, 0.717) is 23.7 Å². The third-order valence-corrected chi connectivity index (χ3v) is 3.86. The Morgan fingerprint density at radius 2 is 2.18 bits per heavy atom. The van der Waals surface area contributed by atoms with Gasteiger partial charge in [-0.3, -0.25) is 4.39 Å². The van der Waals surface area contributed by atoms with E-state index in [2.05, 4.69) is 4.40 Å². The number of hydrogen-bond donors (Lipinski definition) is 0. The zero-order chi connectivity index (χ0) is 12.5. The van der Waals surface area contributed by atoms with Gasteiger partial charge in [0, 0.05) is 11.6 Å². The average molecular weight is 277 g/mol. The number of nitrogens with zero attached hydrogens (tertiary/aromatic N) is 2. The van der Waals surface area contributed by atoms with E-state index < -0.39 is 16.7 Å². The smallest absolute Gasteiger partial charge is 0.285 e. The zero-order valence-corrected chi connectivity index (χ0v) is 10.4. The molecule has 0 fully saturated rings. The Kier molecular flexibility index (Phi) is 3.35. The Morgan fingerprint density at radius 1 is 1.41 bits per heavy atom. The first-order valence-corrected chi connectivity index (χ1v) is 6.79. The standard InChI is InChI=1S/C10H10ClFN2O2S/c11-8-2-3-9-10(6-8)17(15,16)13-7-14(9)5-1-4-12/h2-3,6-7H,1,4-5H2. The molecule has 1 aliphatic heterocycles. The van der Waals surface area contributed by atoms with Crippen LogP contribution in [-0.4, -0.2) is 28.0 Å². The molecule has 4 nitrogen and oxygen atoms in total. The summed E-state index contributed by atoms with van der Waals surface area (Å²) in [6.07, 6.45) is 1.52. The van der Waals surface area contributed by atoms with Gasteiger partial charge < -0.3 is 4.90 Å². The molecule has 0 spiro atoms. The molecule has 0 amide bonds. The Hall–Kier alpha value is -1.14. The van der Waals surface area contributed by atoms with Crippen LogP contribution in [-0.2, 0) is 10.0 Å². The van der Waals surface area contributed by atoms with Gasteiger partial charge in [-0.1, -0.05) is 11.6 Å². The maximum absolute atomic E-state index is 12.1. The molecule has 0 saturated heterocycles. The summed E-state index contributed by atoms with van der Waals surface area (Å²) in [5.74, 6) is 0. The maximum atomic E-state index is 12.1. The molecular formula is C10H10ClFN2O2S. The predicted molar refractivity (Wildman–Crippen MR) is 65.1 cm³/mol. The molecule has 0 aromatic heterocycles. The van der Waals surface area contributed by atoms with E-state index in [9.17, 15) is 12.8 Å². The Balaban J connectivity index is 2.46. The lowest BCUT2D eigenvalue weighted by atomic mass is 10.3. The van der Waals surface area contributed by atoms with E-state index in [0.717, 1.165) is 0 Å². The first-order chi connectivity index (χ1) is 8.04. The highest BCUT2D eigenvalue weighted by atomic mass is 35.5. The van der Waals surface area contributed by atoms with E-state index in [-0.39, 0.29) is 4.90 Å². The molecule has 0 radical (unpaired) electrons. The molecule has 0 unspecified atom stereocenters. The lowest BCUT2D eigenvalue weighted by Gasteiger charge is -2.24. The van der Waals surface area contributed by atoms with Crippen molar-refractivity contribution < 1.29 is 12.8 Å². The molecule has 92 valence electrons. The molecule has 0 atom stereocenters. The summed E-state index contributed by atoms with van der Waals surface area (Å²) < 4.78 is 39.0. The van der Waals surface area contributed by atoms with Gasteiger partial charge in [-0.15, -0.1) is 4.40 Å². The number of fused-ring (bicyclic) bond motifs is 1. The van der Waals surface area contributed by atoms with Crippen LogP contribution < -0.4 is 4.90 Å². The van der Waals surface area contributed by atoms with Crippen molar-refractivity contribution in [3.05, 3.63) is 23.2 Å². The Morgan fingerprint density at radius 3 is 2.88 bits per heavy atom. The minimum Gasteiger partial charge on any atom is -0.330 e. The normalized spacial score (nSPS) is 16.9. The first kappa shape index (κ1) is 12.3. The molecule has 0 N–H and O–H groups in total. The second-order valence-electron chi connectivity index (χ2n) is 3.54. The lowest BCUT2D eigenvalue weighted by Crippen LogP contribution is -2.28. The van der Waals surface area contributed by atoms with Gasteiger partial charge >= 0.3 is 0 Å². The van der Waals surface area contributed by atoms with Gasteiger partial charge in [0.15, 0.2) is 0 Å². The minimum absolute atomic E-state index is 0.0614. The Labute approximate surface area is 104 Å². The second kappa shape index (κ2) is 4.62.